The third kappa shape index (κ3) is 6.47. The van der Waals surface area contributed by atoms with Gasteiger partial charge in [-0.3, -0.25) is 10.1 Å². The lowest BCUT2D eigenvalue weighted by Crippen LogP contribution is -3.00. The molecule has 0 unspecified atom stereocenters. The highest BCUT2D eigenvalue weighted by atomic mass is 35.5. The second kappa shape index (κ2) is 11.4. The lowest BCUT2D eigenvalue weighted by Gasteiger charge is -2.22. The van der Waals surface area contributed by atoms with Gasteiger partial charge in [-0.15, -0.1) is 5.11 Å². The maximum atomic E-state index is 10.8. The topological polar surface area (TPSA) is 75.0 Å². The third-order valence-electron chi connectivity index (χ3n) is 4.74. The summed E-state index contributed by atoms with van der Waals surface area (Å²) in [5.74, 6) is 0. The zero-order valence-corrected chi connectivity index (χ0v) is 18.8. The van der Waals surface area contributed by atoms with Crippen LogP contribution >= 0.6 is 11.6 Å². The predicted octanol–water partition coefficient (Wildman–Crippen LogP) is 2.79. The Morgan fingerprint density at radius 3 is 2.35 bits per heavy atom. The monoisotopic (exact) mass is 459 g/mol. The first-order chi connectivity index (χ1) is 14.5. The minimum Gasteiger partial charge on any atom is -1.00 e. The molecule has 31 heavy (non-hydrogen) atoms. The van der Waals surface area contributed by atoms with Gasteiger partial charge < -0.3 is 17.3 Å². The van der Waals surface area contributed by atoms with Crippen LogP contribution in [0, 0.1) is 17.0 Å². The Labute approximate surface area is 192 Å². The fraction of sp³-hybridized carbons (Fsp3) is 0.227. The Hall–Kier alpha value is -3.03. The number of aryl methyl sites for hydroxylation is 1. The van der Waals surface area contributed by atoms with Gasteiger partial charge in [0.1, 0.15) is 5.69 Å². The maximum absolute atomic E-state index is 10.8. The van der Waals surface area contributed by atoms with Crippen molar-refractivity contribution in [3.63, 3.8) is 0 Å². The number of azo groups is 1. The number of halogens is 2. The van der Waals surface area contributed by atoms with Crippen LogP contribution in [0.25, 0.3) is 0 Å². The highest BCUT2D eigenvalue weighted by Crippen LogP contribution is 2.32. The summed E-state index contributed by atoms with van der Waals surface area (Å²) in [5.41, 5.74) is 3.15. The van der Waals surface area contributed by atoms with Crippen LogP contribution in [-0.2, 0) is 6.54 Å². The van der Waals surface area contributed by atoms with Crippen molar-refractivity contribution in [1.29, 1.82) is 0 Å². The van der Waals surface area contributed by atoms with E-state index < -0.39 is 4.92 Å². The number of pyridine rings is 1. The number of rotatable bonds is 8. The van der Waals surface area contributed by atoms with Crippen LogP contribution in [0.3, 0.4) is 0 Å². The highest BCUT2D eigenvalue weighted by Gasteiger charge is 2.11. The molecule has 9 heteroatoms. The summed E-state index contributed by atoms with van der Waals surface area (Å²) in [7, 11) is 0. The van der Waals surface area contributed by atoms with Gasteiger partial charge in [-0.1, -0.05) is 17.7 Å². The van der Waals surface area contributed by atoms with E-state index >= 15 is 0 Å². The average Bonchev–Trinajstić information content (AvgIpc) is 2.75. The second-order valence-electron chi connectivity index (χ2n) is 6.76. The SMILES string of the molecule is CCN(CC[n+]1ccccc1)c1ccc(N=Nc2ccc([N+](=O)[O-])cc2Cl)c(C)c1.[Cl-]. The summed E-state index contributed by atoms with van der Waals surface area (Å²) < 4.78 is 2.16. The van der Waals surface area contributed by atoms with E-state index in [-0.39, 0.29) is 23.1 Å². The number of likely N-dealkylation sites (N-methyl/N-ethyl adjacent to an activating group) is 1. The quantitative estimate of drug-likeness (QED) is 0.225. The van der Waals surface area contributed by atoms with Crippen LogP contribution < -0.4 is 21.9 Å². The van der Waals surface area contributed by atoms with Crippen LogP contribution in [0.15, 0.2) is 77.2 Å². The molecular weight excluding hydrogens is 437 g/mol. The molecule has 3 rings (SSSR count). The smallest absolute Gasteiger partial charge is 0.271 e. The van der Waals surface area contributed by atoms with Gasteiger partial charge in [-0.05, 0) is 43.7 Å². The van der Waals surface area contributed by atoms with E-state index in [0.717, 1.165) is 36.6 Å². The van der Waals surface area contributed by atoms with Crippen molar-refractivity contribution >= 4 is 34.4 Å². The maximum Gasteiger partial charge on any atom is 0.271 e. The van der Waals surface area contributed by atoms with Gasteiger partial charge in [0.15, 0.2) is 18.9 Å². The average molecular weight is 460 g/mol. The molecular formula is C22H23Cl2N5O2. The Kier molecular flexibility index (Phi) is 8.90. The van der Waals surface area contributed by atoms with Crippen molar-refractivity contribution in [2.24, 2.45) is 10.2 Å². The summed E-state index contributed by atoms with van der Waals surface area (Å²) in [6.07, 6.45) is 4.12. The van der Waals surface area contributed by atoms with Crippen molar-refractivity contribution in [1.82, 2.24) is 0 Å². The molecule has 1 aromatic heterocycles. The number of nitro groups is 1. The van der Waals surface area contributed by atoms with E-state index in [2.05, 4.69) is 45.1 Å². The Morgan fingerprint density at radius 1 is 1.06 bits per heavy atom. The summed E-state index contributed by atoms with van der Waals surface area (Å²) in [6.45, 7) is 6.80. The third-order valence-corrected chi connectivity index (χ3v) is 5.04. The number of anilines is 1. The molecule has 3 aromatic rings. The molecule has 0 N–H and O–H groups in total. The lowest BCUT2D eigenvalue weighted by molar-refractivity contribution is -0.694. The minimum absolute atomic E-state index is 0. The first-order valence-corrected chi connectivity index (χ1v) is 10.0. The number of benzene rings is 2. The van der Waals surface area contributed by atoms with Gasteiger partial charge in [0.25, 0.3) is 5.69 Å². The number of hydrogen-bond acceptors (Lipinski definition) is 5. The molecule has 0 aliphatic rings. The van der Waals surface area contributed by atoms with Crippen LogP contribution in [0.2, 0.25) is 5.02 Å². The number of nitrogens with zero attached hydrogens (tertiary/aromatic N) is 5. The molecule has 0 radical (unpaired) electrons. The molecule has 0 fully saturated rings. The molecule has 0 spiro atoms. The molecule has 0 aliphatic heterocycles. The summed E-state index contributed by atoms with van der Waals surface area (Å²) >= 11 is 6.08. The van der Waals surface area contributed by atoms with Gasteiger partial charge in [-0.25, -0.2) is 4.57 Å². The molecule has 7 nitrogen and oxygen atoms in total. The Bertz CT molecular complexity index is 1060. The van der Waals surface area contributed by atoms with Crippen LogP contribution in [-0.4, -0.2) is 18.0 Å². The fourth-order valence-electron chi connectivity index (χ4n) is 3.04. The molecule has 2 aromatic carbocycles. The normalized spacial score (nSPS) is 10.7. The number of nitro benzene ring substituents is 1. The van der Waals surface area contributed by atoms with Crippen LogP contribution in [0.5, 0.6) is 0 Å². The summed E-state index contributed by atoms with van der Waals surface area (Å²) in [4.78, 5) is 12.6. The Balaban J connectivity index is 0.00000341. The van der Waals surface area contributed by atoms with E-state index in [1.807, 2.05) is 37.3 Å². The van der Waals surface area contributed by atoms with E-state index in [4.69, 9.17) is 11.6 Å². The molecule has 0 saturated carbocycles. The van der Waals surface area contributed by atoms with Gasteiger partial charge in [0.2, 0.25) is 0 Å². The van der Waals surface area contributed by atoms with Crippen molar-refractivity contribution < 1.29 is 21.9 Å². The first-order valence-electron chi connectivity index (χ1n) is 9.63. The highest BCUT2D eigenvalue weighted by molar-refractivity contribution is 6.33. The second-order valence-corrected chi connectivity index (χ2v) is 7.16. The zero-order valence-electron chi connectivity index (χ0n) is 17.3. The molecule has 162 valence electrons. The van der Waals surface area contributed by atoms with Gasteiger partial charge in [0.05, 0.1) is 22.2 Å². The van der Waals surface area contributed by atoms with Crippen LogP contribution in [0.4, 0.5) is 22.7 Å². The lowest BCUT2D eigenvalue weighted by atomic mass is 10.1. The standard InChI is InChI=1S/C22H23ClN5O2.ClH/c1-3-27(14-13-26-11-5-4-6-12-26)18-7-9-21(17(2)15-18)24-25-22-10-8-19(28(29)30)16-20(22)23;/h4-12,15-16H,3,13-14H2,1-2H3;1H/q+1;/p-1. The predicted molar refractivity (Wildman–Crippen MR) is 118 cm³/mol. The van der Waals surface area contributed by atoms with Gasteiger partial charge in [-0.2, -0.15) is 5.11 Å². The van der Waals surface area contributed by atoms with Gasteiger partial charge in [0, 0.05) is 36.5 Å². The summed E-state index contributed by atoms with van der Waals surface area (Å²) in [6, 6.07) is 16.2. The zero-order chi connectivity index (χ0) is 21.5. The molecule has 0 amide bonds. The van der Waals surface area contributed by atoms with E-state index in [0.29, 0.717) is 5.69 Å². The van der Waals surface area contributed by atoms with Crippen molar-refractivity contribution in [2.75, 3.05) is 18.0 Å². The van der Waals surface area contributed by atoms with Gasteiger partial charge >= 0.3 is 0 Å². The van der Waals surface area contributed by atoms with Crippen molar-refractivity contribution in [3.05, 3.63) is 87.7 Å². The molecule has 0 atom stereocenters. The fourth-order valence-corrected chi connectivity index (χ4v) is 3.25. The molecule has 0 bridgehead atoms. The molecule has 0 aliphatic carbocycles. The number of aromatic nitrogens is 1. The number of hydrogen-bond donors (Lipinski definition) is 0. The van der Waals surface area contributed by atoms with Crippen LogP contribution in [0.1, 0.15) is 12.5 Å². The van der Waals surface area contributed by atoms with Crippen molar-refractivity contribution in [2.45, 2.75) is 20.4 Å². The number of non-ortho nitro benzene ring substituents is 1. The molecule has 1 heterocycles. The largest absolute Gasteiger partial charge is 1.00 e. The van der Waals surface area contributed by atoms with Crippen molar-refractivity contribution in [3.8, 4) is 0 Å². The minimum atomic E-state index is -0.495. The summed E-state index contributed by atoms with van der Waals surface area (Å²) in [5, 5.41) is 19.4. The van der Waals surface area contributed by atoms with E-state index in [9.17, 15) is 10.1 Å². The Morgan fingerprint density at radius 2 is 1.74 bits per heavy atom. The van der Waals surface area contributed by atoms with E-state index in [1.54, 1.807) is 0 Å². The van der Waals surface area contributed by atoms with E-state index in [1.165, 1.54) is 18.2 Å². The first kappa shape index (κ1) is 24.2. The molecule has 0 saturated heterocycles.